The smallest absolute Gasteiger partial charge is 0.333 e. The molecule has 0 aliphatic carbocycles. The van der Waals surface area contributed by atoms with E-state index in [2.05, 4.69) is 10.3 Å². The van der Waals surface area contributed by atoms with Crippen molar-refractivity contribution in [3.8, 4) is 0 Å². The summed E-state index contributed by atoms with van der Waals surface area (Å²) in [7, 11) is -4.28. The molecule has 1 aromatic carbocycles. The Hall–Kier alpha value is -1.71. The highest BCUT2D eigenvalue weighted by atomic mass is 32.2. The van der Waals surface area contributed by atoms with Gasteiger partial charge in [0.05, 0.1) is 6.54 Å². The zero-order chi connectivity index (χ0) is 11.8. The van der Waals surface area contributed by atoms with Gasteiger partial charge >= 0.3 is 10.3 Å². The second-order valence-corrected chi connectivity index (χ2v) is 4.15. The van der Waals surface area contributed by atoms with E-state index in [1.54, 1.807) is 16.9 Å². The van der Waals surface area contributed by atoms with Crippen LogP contribution in [0.2, 0.25) is 0 Å². The molecule has 0 amide bonds. The summed E-state index contributed by atoms with van der Waals surface area (Å²) in [5, 5.41) is 16.2. The second-order valence-electron chi connectivity index (χ2n) is 2.96. The summed E-state index contributed by atoms with van der Waals surface area (Å²) in [4.78, 5) is 0.570. The standard InChI is InChI=1S/C7H7N4O4S/c12-11-7-3-5(4-8-16(13,14)15)1-2-6(7)9-10-11/h1-4,8,12H,(H,13,14,15). The minimum atomic E-state index is -4.28. The van der Waals surface area contributed by atoms with Gasteiger partial charge in [-0.25, -0.2) is 0 Å². The van der Waals surface area contributed by atoms with Crippen LogP contribution in [0.25, 0.3) is 11.0 Å². The van der Waals surface area contributed by atoms with Crippen LogP contribution < -0.4 is 4.72 Å². The Kier molecular flexibility index (Phi) is 2.50. The predicted molar refractivity (Wildman–Crippen MR) is 52.8 cm³/mol. The van der Waals surface area contributed by atoms with Gasteiger partial charge in [-0.1, -0.05) is 10.9 Å². The average Bonchev–Trinajstić information content (AvgIpc) is 2.56. The van der Waals surface area contributed by atoms with E-state index in [9.17, 15) is 13.6 Å². The first kappa shape index (κ1) is 10.8. The van der Waals surface area contributed by atoms with Crippen LogP contribution in [0.15, 0.2) is 18.2 Å². The topological polar surface area (TPSA) is 117 Å². The molecule has 0 aliphatic heterocycles. The fourth-order valence-corrected chi connectivity index (χ4v) is 1.44. The molecule has 0 saturated carbocycles. The Bertz CT molecular complexity index is 620. The Labute approximate surface area is 90.3 Å². The van der Waals surface area contributed by atoms with Crippen LogP contribution in [0.4, 0.5) is 0 Å². The van der Waals surface area contributed by atoms with Crippen molar-refractivity contribution in [1.82, 2.24) is 19.9 Å². The molecule has 0 atom stereocenters. The number of nitrogens with one attached hydrogen (secondary N) is 1. The molecular weight excluding hydrogens is 236 g/mol. The van der Waals surface area contributed by atoms with Crippen LogP contribution >= 0.6 is 0 Å². The van der Waals surface area contributed by atoms with Gasteiger partial charge in [0.2, 0.25) is 0 Å². The molecule has 0 unspecified atom stereocenters. The van der Waals surface area contributed by atoms with Crippen molar-refractivity contribution in [3.63, 3.8) is 0 Å². The summed E-state index contributed by atoms with van der Waals surface area (Å²) in [5.41, 5.74) is 1.22. The number of benzene rings is 1. The van der Waals surface area contributed by atoms with Crippen LogP contribution in [-0.2, 0) is 10.3 Å². The first-order valence-electron chi connectivity index (χ1n) is 4.08. The van der Waals surface area contributed by atoms with E-state index in [1.807, 2.05) is 0 Å². The predicted octanol–water partition coefficient (Wildman–Crippen LogP) is -0.429. The highest BCUT2D eigenvalue weighted by Crippen LogP contribution is 2.12. The maximum atomic E-state index is 10.4. The fraction of sp³-hybridized carbons (Fsp3) is 0. The Morgan fingerprint density at radius 3 is 2.88 bits per heavy atom. The molecular formula is C7H7N4O4S. The van der Waals surface area contributed by atoms with Gasteiger partial charge in [0.1, 0.15) is 11.0 Å². The zero-order valence-electron chi connectivity index (χ0n) is 7.77. The van der Waals surface area contributed by atoms with Crippen molar-refractivity contribution < 1.29 is 18.2 Å². The third-order valence-electron chi connectivity index (χ3n) is 1.83. The second kappa shape index (κ2) is 3.70. The summed E-state index contributed by atoms with van der Waals surface area (Å²) in [6.45, 7) is 1.07. The zero-order valence-corrected chi connectivity index (χ0v) is 8.59. The third-order valence-corrected chi connectivity index (χ3v) is 2.24. The monoisotopic (exact) mass is 243 g/mol. The molecule has 3 N–H and O–H groups in total. The van der Waals surface area contributed by atoms with Crippen LogP contribution in [0.3, 0.4) is 0 Å². The average molecular weight is 243 g/mol. The SMILES string of the molecule is O=S(=O)(O)N[CH]c1ccc2nnn(O)c2c1. The number of hydrogen-bond donors (Lipinski definition) is 3. The number of aromatic nitrogens is 3. The van der Waals surface area contributed by atoms with Gasteiger partial charge < -0.3 is 5.21 Å². The molecule has 0 bridgehead atoms. The summed E-state index contributed by atoms with van der Waals surface area (Å²) < 4.78 is 31.1. The van der Waals surface area contributed by atoms with Gasteiger partial charge in [-0.2, -0.15) is 13.1 Å². The van der Waals surface area contributed by atoms with Gasteiger partial charge in [-0.15, -0.1) is 5.10 Å². The van der Waals surface area contributed by atoms with Crippen molar-refractivity contribution in [1.29, 1.82) is 0 Å². The third kappa shape index (κ3) is 2.27. The van der Waals surface area contributed by atoms with Gasteiger partial charge in [0, 0.05) is 0 Å². The molecule has 1 aromatic heterocycles. The van der Waals surface area contributed by atoms with E-state index in [4.69, 9.17) is 4.55 Å². The van der Waals surface area contributed by atoms with E-state index >= 15 is 0 Å². The van der Waals surface area contributed by atoms with E-state index in [-0.39, 0.29) is 0 Å². The molecule has 2 rings (SSSR count). The Morgan fingerprint density at radius 1 is 1.44 bits per heavy atom. The molecule has 9 heteroatoms. The molecule has 8 nitrogen and oxygen atoms in total. The van der Waals surface area contributed by atoms with E-state index in [0.29, 0.717) is 21.4 Å². The number of rotatable bonds is 3. The molecule has 16 heavy (non-hydrogen) atoms. The lowest BCUT2D eigenvalue weighted by Crippen LogP contribution is -2.19. The van der Waals surface area contributed by atoms with Crippen molar-refractivity contribution in [2.45, 2.75) is 0 Å². The maximum absolute atomic E-state index is 10.4. The van der Waals surface area contributed by atoms with Crippen LogP contribution in [0, 0.1) is 6.54 Å². The van der Waals surface area contributed by atoms with Crippen LogP contribution in [0.1, 0.15) is 5.56 Å². The normalized spacial score (nSPS) is 12.1. The molecule has 0 fully saturated rings. The molecule has 85 valence electrons. The van der Waals surface area contributed by atoms with E-state index in [0.717, 1.165) is 6.54 Å². The Morgan fingerprint density at radius 2 is 2.19 bits per heavy atom. The van der Waals surface area contributed by atoms with Crippen molar-refractivity contribution >= 4 is 21.3 Å². The van der Waals surface area contributed by atoms with Crippen molar-refractivity contribution in [3.05, 3.63) is 30.3 Å². The fourth-order valence-electron chi connectivity index (χ4n) is 1.16. The van der Waals surface area contributed by atoms with Crippen LogP contribution in [0.5, 0.6) is 0 Å². The lowest BCUT2D eigenvalue weighted by molar-refractivity contribution is 0.154. The molecule has 1 heterocycles. The van der Waals surface area contributed by atoms with E-state index < -0.39 is 10.3 Å². The van der Waals surface area contributed by atoms with E-state index in [1.165, 1.54) is 6.07 Å². The number of fused-ring (bicyclic) bond motifs is 1. The van der Waals surface area contributed by atoms with Crippen molar-refractivity contribution in [2.75, 3.05) is 0 Å². The highest BCUT2D eigenvalue weighted by Gasteiger charge is 2.07. The molecule has 1 radical (unpaired) electrons. The van der Waals surface area contributed by atoms with Crippen LogP contribution in [-0.4, -0.2) is 33.3 Å². The quantitative estimate of drug-likeness (QED) is 0.497. The van der Waals surface area contributed by atoms with Gasteiger partial charge in [-0.05, 0) is 22.9 Å². The van der Waals surface area contributed by atoms with Gasteiger partial charge in [0.15, 0.2) is 0 Å². The lowest BCUT2D eigenvalue weighted by Gasteiger charge is -2.00. The van der Waals surface area contributed by atoms with Gasteiger partial charge in [-0.3, -0.25) is 4.55 Å². The maximum Gasteiger partial charge on any atom is 0.333 e. The minimum absolute atomic E-state index is 0.325. The number of hydrogen-bond acceptors (Lipinski definition) is 5. The molecule has 0 saturated heterocycles. The summed E-state index contributed by atoms with van der Waals surface area (Å²) in [5.74, 6) is 0. The summed E-state index contributed by atoms with van der Waals surface area (Å²) in [6, 6.07) is 4.55. The largest absolute Gasteiger partial charge is 0.410 e. The highest BCUT2D eigenvalue weighted by molar-refractivity contribution is 7.83. The lowest BCUT2D eigenvalue weighted by atomic mass is 10.2. The summed E-state index contributed by atoms with van der Waals surface area (Å²) in [6.07, 6.45) is 0. The first-order valence-corrected chi connectivity index (χ1v) is 5.52. The molecule has 0 spiro atoms. The summed E-state index contributed by atoms with van der Waals surface area (Å²) >= 11 is 0. The molecule has 0 aliphatic rings. The molecule has 2 aromatic rings. The first-order chi connectivity index (χ1) is 7.46. The van der Waals surface area contributed by atoms with Crippen molar-refractivity contribution in [2.24, 2.45) is 0 Å². The van der Waals surface area contributed by atoms with Gasteiger partial charge in [0.25, 0.3) is 0 Å². The Balaban J connectivity index is 2.29. The number of nitrogens with zero attached hydrogens (tertiary/aromatic N) is 3. The minimum Gasteiger partial charge on any atom is -0.410 e.